The number of halogens is 1. The van der Waals surface area contributed by atoms with E-state index in [1.54, 1.807) is 17.0 Å². The average molecular weight is 430 g/mol. The van der Waals surface area contributed by atoms with Crippen molar-refractivity contribution < 1.29 is 14.0 Å². The minimum atomic E-state index is -0.432. The molecule has 1 N–H and O–H groups in total. The first-order valence-corrected chi connectivity index (χ1v) is 10.7. The van der Waals surface area contributed by atoms with Gasteiger partial charge >= 0.3 is 0 Å². The maximum absolute atomic E-state index is 13.7. The van der Waals surface area contributed by atoms with Gasteiger partial charge in [0, 0.05) is 26.1 Å². The average Bonchev–Trinajstić information content (AvgIpc) is 3.41. The lowest BCUT2D eigenvalue weighted by Gasteiger charge is -2.18. The Kier molecular flexibility index (Phi) is 7.29. The first-order valence-electron chi connectivity index (χ1n) is 9.86. The summed E-state index contributed by atoms with van der Waals surface area (Å²) in [7, 11) is 0. The summed E-state index contributed by atoms with van der Waals surface area (Å²) < 4.78 is 15.2. The predicted octanol–water partition coefficient (Wildman–Crippen LogP) is 3.51. The van der Waals surface area contributed by atoms with Gasteiger partial charge in [0.2, 0.25) is 11.7 Å². The lowest BCUT2D eigenvalue weighted by atomic mass is 10.2. The summed E-state index contributed by atoms with van der Waals surface area (Å²) in [6.07, 6.45) is 0.900. The monoisotopic (exact) mass is 429 g/mol. The molecular formula is C21H24FN5O2S. The molecule has 3 rings (SSSR count). The van der Waals surface area contributed by atoms with E-state index in [4.69, 9.17) is 0 Å². The number of carbonyl (C=O) groups excluding carboxylic acids is 2. The molecule has 0 atom stereocenters. The predicted molar refractivity (Wildman–Crippen MR) is 114 cm³/mol. The number of rotatable bonds is 9. The number of nitrogens with zero attached hydrogens (tertiary/aromatic N) is 4. The van der Waals surface area contributed by atoms with Crippen molar-refractivity contribution in [3.05, 3.63) is 53.4 Å². The van der Waals surface area contributed by atoms with Gasteiger partial charge in [-0.25, -0.2) is 14.1 Å². The SMILES string of the molecule is CCN(CC)C(=O)CCCNC(=O)c1nc(-c2cccs2)n(-c2cccc(F)c2)n1. The molecule has 0 spiro atoms. The van der Waals surface area contributed by atoms with E-state index in [1.807, 2.05) is 31.4 Å². The summed E-state index contributed by atoms with van der Waals surface area (Å²) in [6.45, 7) is 5.57. The van der Waals surface area contributed by atoms with Crippen molar-refractivity contribution in [3.8, 4) is 16.4 Å². The van der Waals surface area contributed by atoms with E-state index < -0.39 is 11.7 Å². The third-order valence-corrected chi connectivity index (χ3v) is 5.44. The van der Waals surface area contributed by atoms with Crippen LogP contribution < -0.4 is 5.32 Å². The van der Waals surface area contributed by atoms with Crippen molar-refractivity contribution >= 4 is 23.2 Å². The Morgan fingerprint density at radius 2 is 2.00 bits per heavy atom. The quantitative estimate of drug-likeness (QED) is 0.528. The van der Waals surface area contributed by atoms with Crippen molar-refractivity contribution in [3.63, 3.8) is 0 Å². The lowest BCUT2D eigenvalue weighted by Crippen LogP contribution is -2.31. The molecule has 1 aromatic carbocycles. The zero-order valence-electron chi connectivity index (χ0n) is 17.0. The number of aromatic nitrogens is 3. The number of thiophene rings is 1. The van der Waals surface area contributed by atoms with Crippen molar-refractivity contribution in [1.29, 1.82) is 0 Å². The molecule has 0 fully saturated rings. The number of carbonyl (C=O) groups is 2. The summed E-state index contributed by atoms with van der Waals surface area (Å²) >= 11 is 1.45. The van der Waals surface area contributed by atoms with Gasteiger partial charge in [-0.2, -0.15) is 0 Å². The molecule has 0 radical (unpaired) electrons. The molecule has 3 aromatic rings. The molecule has 158 valence electrons. The third-order valence-electron chi connectivity index (χ3n) is 4.57. The van der Waals surface area contributed by atoms with Crippen molar-refractivity contribution in [2.45, 2.75) is 26.7 Å². The first kappa shape index (κ1) is 21.6. The maximum atomic E-state index is 13.7. The zero-order chi connectivity index (χ0) is 21.5. The highest BCUT2D eigenvalue weighted by molar-refractivity contribution is 7.13. The van der Waals surface area contributed by atoms with E-state index in [0.29, 0.717) is 44.0 Å². The number of amides is 2. The normalized spacial score (nSPS) is 10.8. The Bertz CT molecular complexity index is 999. The summed E-state index contributed by atoms with van der Waals surface area (Å²) in [6, 6.07) is 9.71. The topological polar surface area (TPSA) is 80.1 Å². The molecule has 30 heavy (non-hydrogen) atoms. The van der Waals surface area contributed by atoms with Crippen LogP contribution in [0.25, 0.3) is 16.4 Å². The summed E-state index contributed by atoms with van der Waals surface area (Å²) in [5, 5.41) is 8.96. The van der Waals surface area contributed by atoms with Crippen LogP contribution in [-0.2, 0) is 4.79 Å². The fourth-order valence-corrected chi connectivity index (χ4v) is 3.71. The van der Waals surface area contributed by atoms with E-state index >= 15 is 0 Å². The van der Waals surface area contributed by atoms with E-state index in [-0.39, 0.29) is 11.7 Å². The molecule has 2 heterocycles. The Hall–Kier alpha value is -3.07. The van der Waals surface area contributed by atoms with E-state index in [1.165, 1.54) is 28.2 Å². The standard InChI is InChI=1S/C21H24FN5O2S/c1-3-26(4-2)18(28)11-6-12-23-21(29)19-24-20(17-10-7-13-30-17)27(25-19)16-9-5-8-15(22)14-16/h5,7-10,13-14H,3-4,6,11-12H2,1-2H3,(H,23,29). The second-order valence-electron chi connectivity index (χ2n) is 6.55. The van der Waals surface area contributed by atoms with Gasteiger partial charge < -0.3 is 10.2 Å². The molecule has 0 saturated carbocycles. The molecule has 0 bridgehead atoms. The number of benzene rings is 1. The highest BCUT2D eigenvalue weighted by Crippen LogP contribution is 2.25. The number of nitrogens with one attached hydrogen (secondary N) is 1. The van der Waals surface area contributed by atoms with Gasteiger partial charge in [0.15, 0.2) is 5.82 Å². The molecule has 2 aromatic heterocycles. The highest BCUT2D eigenvalue weighted by Gasteiger charge is 2.19. The van der Waals surface area contributed by atoms with Crippen LogP contribution in [0.5, 0.6) is 0 Å². The summed E-state index contributed by atoms with van der Waals surface area (Å²) in [4.78, 5) is 31.5. The lowest BCUT2D eigenvalue weighted by molar-refractivity contribution is -0.130. The molecule has 0 unspecified atom stereocenters. The fraction of sp³-hybridized carbons (Fsp3) is 0.333. The molecule has 0 aliphatic carbocycles. The molecule has 0 saturated heterocycles. The third kappa shape index (κ3) is 5.10. The molecule has 2 amide bonds. The van der Waals surface area contributed by atoms with E-state index in [9.17, 15) is 14.0 Å². The Balaban J connectivity index is 1.71. The van der Waals surface area contributed by atoms with Crippen LogP contribution in [0.3, 0.4) is 0 Å². The molecule has 0 aliphatic rings. The van der Waals surface area contributed by atoms with Crippen molar-refractivity contribution in [1.82, 2.24) is 25.0 Å². The van der Waals surface area contributed by atoms with Crippen molar-refractivity contribution in [2.24, 2.45) is 0 Å². The van der Waals surface area contributed by atoms with Crippen LogP contribution in [-0.4, -0.2) is 51.1 Å². The summed E-state index contributed by atoms with van der Waals surface area (Å²) in [5.41, 5.74) is 0.481. The number of hydrogen-bond donors (Lipinski definition) is 1. The van der Waals surface area contributed by atoms with Crippen LogP contribution in [0.15, 0.2) is 41.8 Å². The Labute approximate surface area is 178 Å². The molecule has 9 heteroatoms. The second-order valence-corrected chi connectivity index (χ2v) is 7.50. The molecule has 7 nitrogen and oxygen atoms in total. The smallest absolute Gasteiger partial charge is 0.290 e. The first-order chi connectivity index (χ1) is 14.5. The Morgan fingerprint density at radius 1 is 1.20 bits per heavy atom. The van der Waals surface area contributed by atoms with Crippen LogP contribution in [0.2, 0.25) is 0 Å². The Morgan fingerprint density at radius 3 is 2.67 bits per heavy atom. The fourth-order valence-electron chi connectivity index (χ4n) is 3.02. The molecular weight excluding hydrogens is 405 g/mol. The van der Waals surface area contributed by atoms with Crippen molar-refractivity contribution in [2.75, 3.05) is 19.6 Å². The maximum Gasteiger partial charge on any atom is 0.290 e. The summed E-state index contributed by atoms with van der Waals surface area (Å²) in [5.74, 6) is -0.292. The van der Waals surface area contributed by atoms with Gasteiger partial charge in [0.1, 0.15) is 5.82 Å². The minimum absolute atomic E-state index is 0.00210. The van der Waals surface area contributed by atoms with Gasteiger partial charge in [-0.05, 0) is 49.9 Å². The van der Waals surface area contributed by atoms with E-state index in [0.717, 1.165) is 4.88 Å². The largest absolute Gasteiger partial charge is 0.349 e. The second kappa shape index (κ2) is 10.1. The van der Waals surface area contributed by atoms with Gasteiger partial charge in [0.05, 0.1) is 10.6 Å². The van der Waals surface area contributed by atoms with Crippen LogP contribution in [0.4, 0.5) is 4.39 Å². The van der Waals surface area contributed by atoms with Gasteiger partial charge in [-0.15, -0.1) is 16.4 Å². The molecule has 0 aliphatic heterocycles. The van der Waals surface area contributed by atoms with Crippen LogP contribution >= 0.6 is 11.3 Å². The van der Waals surface area contributed by atoms with Gasteiger partial charge in [-0.3, -0.25) is 9.59 Å². The van der Waals surface area contributed by atoms with Crippen LogP contribution in [0, 0.1) is 5.82 Å². The number of hydrogen-bond acceptors (Lipinski definition) is 5. The zero-order valence-corrected chi connectivity index (χ0v) is 17.8. The highest BCUT2D eigenvalue weighted by atomic mass is 32.1. The van der Waals surface area contributed by atoms with Crippen LogP contribution in [0.1, 0.15) is 37.3 Å². The van der Waals surface area contributed by atoms with Gasteiger partial charge in [-0.1, -0.05) is 12.1 Å². The minimum Gasteiger partial charge on any atom is -0.349 e. The van der Waals surface area contributed by atoms with Gasteiger partial charge in [0.25, 0.3) is 5.91 Å². The van der Waals surface area contributed by atoms with E-state index in [2.05, 4.69) is 15.4 Å².